The van der Waals surface area contributed by atoms with Crippen molar-refractivity contribution in [3.63, 3.8) is 0 Å². The van der Waals surface area contributed by atoms with Crippen LogP contribution in [0.2, 0.25) is 0 Å². The molecule has 0 radical (unpaired) electrons. The maximum Gasteiger partial charge on any atom is 0.266 e. The van der Waals surface area contributed by atoms with Gasteiger partial charge in [-0.05, 0) is 24.5 Å². The molecule has 1 amide bonds. The Hall–Kier alpha value is -1.11. The molecule has 6 heteroatoms. The van der Waals surface area contributed by atoms with Crippen LogP contribution < -0.4 is 5.73 Å². The van der Waals surface area contributed by atoms with Gasteiger partial charge in [0.05, 0.1) is 18.3 Å². The molecule has 0 aliphatic carbocycles. The Morgan fingerprint density at radius 1 is 1.57 bits per heavy atom. The van der Waals surface area contributed by atoms with Gasteiger partial charge in [0.2, 0.25) is 0 Å². The summed E-state index contributed by atoms with van der Waals surface area (Å²) < 4.78 is 1.97. The third kappa shape index (κ3) is 2.45. The van der Waals surface area contributed by atoms with E-state index in [-0.39, 0.29) is 18.6 Å². The summed E-state index contributed by atoms with van der Waals surface area (Å²) in [5.41, 5.74) is 6.71. The number of thiophene rings is 1. The lowest BCUT2D eigenvalue weighted by atomic mass is 10.0. The van der Waals surface area contributed by atoms with Gasteiger partial charge in [-0.15, -0.1) is 11.3 Å². The van der Waals surface area contributed by atoms with Crippen LogP contribution in [0, 0.1) is 5.92 Å². The fourth-order valence-electron chi connectivity index (χ4n) is 2.92. The minimum absolute atomic E-state index is 0.00323. The van der Waals surface area contributed by atoms with Crippen molar-refractivity contribution < 1.29 is 9.90 Å². The minimum Gasteiger partial charge on any atom is -0.397 e. The van der Waals surface area contributed by atoms with Crippen molar-refractivity contribution in [3.05, 3.63) is 27.5 Å². The highest BCUT2D eigenvalue weighted by Gasteiger charge is 2.35. The highest BCUT2D eigenvalue weighted by atomic mass is 79.9. The first-order chi connectivity index (χ1) is 10.0. The van der Waals surface area contributed by atoms with Crippen LogP contribution in [0.15, 0.2) is 22.7 Å². The molecular weight excluding hydrogens is 352 g/mol. The Morgan fingerprint density at radius 3 is 3.05 bits per heavy atom. The number of halogens is 1. The Balaban J connectivity index is 2.00. The van der Waals surface area contributed by atoms with Gasteiger partial charge >= 0.3 is 0 Å². The topological polar surface area (TPSA) is 66.6 Å². The van der Waals surface area contributed by atoms with Crippen LogP contribution >= 0.6 is 27.3 Å². The number of nitrogens with zero attached hydrogens (tertiary/aromatic N) is 1. The highest BCUT2D eigenvalue weighted by Crippen LogP contribution is 2.37. The Morgan fingerprint density at radius 2 is 2.33 bits per heavy atom. The van der Waals surface area contributed by atoms with Gasteiger partial charge in [-0.1, -0.05) is 28.9 Å². The molecule has 1 saturated heterocycles. The van der Waals surface area contributed by atoms with E-state index in [9.17, 15) is 9.90 Å². The summed E-state index contributed by atoms with van der Waals surface area (Å²) in [4.78, 5) is 15.1. The first-order valence-corrected chi connectivity index (χ1v) is 8.53. The first kappa shape index (κ1) is 14.8. The van der Waals surface area contributed by atoms with Gasteiger partial charge in [0.25, 0.3) is 5.91 Å². The number of amides is 1. The van der Waals surface area contributed by atoms with Gasteiger partial charge in [0.15, 0.2) is 0 Å². The number of hydrogen-bond acceptors (Lipinski definition) is 4. The zero-order chi connectivity index (χ0) is 15.1. The molecule has 2 heterocycles. The number of likely N-dealkylation sites (tertiary alicyclic amines) is 1. The normalized spacial score (nSPS) is 22.1. The maximum absolute atomic E-state index is 12.8. The fourth-order valence-corrected chi connectivity index (χ4v) is 4.55. The van der Waals surface area contributed by atoms with E-state index < -0.39 is 0 Å². The minimum atomic E-state index is -0.103. The van der Waals surface area contributed by atoms with E-state index in [1.165, 1.54) is 11.3 Å². The Bertz CT molecular complexity index is 700. The molecule has 1 aliphatic heterocycles. The third-order valence-electron chi connectivity index (χ3n) is 4.22. The second kappa shape index (κ2) is 5.59. The van der Waals surface area contributed by atoms with Crippen molar-refractivity contribution >= 4 is 48.9 Å². The van der Waals surface area contributed by atoms with Crippen molar-refractivity contribution in [2.75, 3.05) is 18.9 Å². The molecular formula is C15H17BrN2O2S. The van der Waals surface area contributed by atoms with Crippen LogP contribution in [0.25, 0.3) is 10.1 Å². The van der Waals surface area contributed by atoms with Crippen LogP contribution in [0.4, 0.5) is 5.69 Å². The molecule has 0 bridgehead atoms. The molecule has 1 aromatic heterocycles. The van der Waals surface area contributed by atoms with E-state index in [2.05, 4.69) is 22.9 Å². The molecule has 1 fully saturated rings. The van der Waals surface area contributed by atoms with Crippen LogP contribution in [-0.2, 0) is 0 Å². The molecule has 3 N–H and O–H groups in total. The lowest BCUT2D eigenvalue weighted by Gasteiger charge is -2.24. The molecule has 112 valence electrons. The van der Waals surface area contributed by atoms with Crippen LogP contribution in [0.5, 0.6) is 0 Å². The summed E-state index contributed by atoms with van der Waals surface area (Å²) in [6.45, 7) is 2.76. The second-order valence-electron chi connectivity index (χ2n) is 5.50. The van der Waals surface area contributed by atoms with Gasteiger partial charge < -0.3 is 15.7 Å². The molecule has 21 heavy (non-hydrogen) atoms. The molecule has 0 saturated carbocycles. The van der Waals surface area contributed by atoms with Gasteiger partial charge in [-0.25, -0.2) is 0 Å². The van der Waals surface area contributed by atoms with Gasteiger partial charge in [0, 0.05) is 21.1 Å². The number of rotatable bonds is 2. The molecule has 3 rings (SSSR count). The molecule has 2 aromatic rings. The first-order valence-electron chi connectivity index (χ1n) is 6.92. The number of fused-ring (bicyclic) bond motifs is 1. The maximum atomic E-state index is 12.8. The highest BCUT2D eigenvalue weighted by molar-refractivity contribution is 9.10. The molecule has 2 atom stereocenters. The van der Waals surface area contributed by atoms with Crippen molar-refractivity contribution in [1.82, 2.24) is 4.90 Å². The molecule has 1 aliphatic rings. The van der Waals surface area contributed by atoms with Crippen molar-refractivity contribution in [3.8, 4) is 0 Å². The van der Waals surface area contributed by atoms with Crippen LogP contribution in [0.3, 0.4) is 0 Å². The van der Waals surface area contributed by atoms with Crippen LogP contribution in [-0.4, -0.2) is 35.1 Å². The summed E-state index contributed by atoms with van der Waals surface area (Å²) in [7, 11) is 0. The molecule has 0 spiro atoms. The average molecular weight is 369 g/mol. The Labute approximate surface area is 135 Å². The number of aliphatic hydroxyl groups is 1. The number of nitrogens with two attached hydrogens (primary N) is 1. The zero-order valence-electron chi connectivity index (χ0n) is 11.7. The van der Waals surface area contributed by atoms with Crippen LogP contribution in [0.1, 0.15) is 23.0 Å². The lowest BCUT2D eigenvalue weighted by Crippen LogP contribution is -2.39. The number of carbonyl (C=O) groups is 1. The van der Waals surface area contributed by atoms with E-state index in [1.54, 1.807) is 4.90 Å². The molecule has 2 unspecified atom stereocenters. The predicted molar refractivity (Wildman–Crippen MR) is 89.6 cm³/mol. The third-order valence-corrected chi connectivity index (χ3v) is 5.86. The van der Waals surface area contributed by atoms with E-state index in [0.717, 1.165) is 21.0 Å². The summed E-state index contributed by atoms with van der Waals surface area (Å²) in [5.74, 6) is 0.261. The standard InChI is InChI=1S/C15H17BrN2O2S/c1-8-4-5-18(11(8)7-19)15(20)14-13(17)10-3-2-9(16)6-12(10)21-14/h2-3,6,8,11,19H,4-5,7,17H2,1H3. The average Bonchev–Trinajstić information content (AvgIpc) is 2.98. The monoisotopic (exact) mass is 368 g/mol. The fraction of sp³-hybridized carbons (Fsp3) is 0.400. The molecule has 1 aromatic carbocycles. The number of nitrogen functional groups attached to an aromatic ring is 1. The van der Waals surface area contributed by atoms with E-state index in [4.69, 9.17) is 5.73 Å². The smallest absolute Gasteiger partial charge is 0.266 e. The van der Waals surface area contributed by atoms with E-state index in [0.29, 0.717) is 23.0 Å². The zero-order valence-corrected chi connectivity index (χ0v) is 14.1. The van der Waals surface area contributed by atoms with E-state index in [1.807, 2.05) is 18.2 Å². The van der Waals surface area contributed by atoms with Crippen molar-refractivity contribution in [1.29, 1.82) is 0 Å². The Kier molecular flexibility index (Phi) is 3.94. The number of aliphatic hydroxyl groups excluding tert-OH is 1. The number of carbonyl (C=O) groups excluding carboxylic acids is 1. The second-order valence-corrected chi connectivity index (χ2v) is 7.47. The summed E-state index contributed by atoms with van der Waals surface area (Å²) in [5, 5.41) is 10.4. The van der Waals surface area contributed by atoms with Crippen molar-refractivity contribution in [2.24, 2.45) is 5.92 Å². The predicted octanol–water partition coefficient (Wildman–Crippen LogP) is 3.09. The number of anilines is 1. The number of hydrogen-bond donors (Lipinski definition) is 2. The van der Waals surface area contributed by atoms with Crippen molar-refractivity contribution in [2.45, 2.75) is 19.4 Å². The summed E-state index contributed by atoms with van der Waals surface area (Å²) >= 11 is 4.85. The lowest BCUT2D eigenvalue weighted by molar-refractivity contribution is 0.0654. The number of benzene rings is 1. The summed E-state index contributed by atoms with van der Waals surface area (Å²) in [6.07, 6.45) is 0.924. The quantitative estimate of drug-likeness (QED) is 0.855. The SMILES string of the molecule is CC1CCN(C(=O)c2sc3cc(Br)ccc3c2N)C1CO. The largest absolute Gasteiger partial charge is 0.397 e. The van der Waals surface area contributed by atoms with Gasteiger partial charge in [0.1, 0.15) is 4.88 Å². The molecule has 4 nitrogen and oxygen atoms in total. The van der Waals surface area contributed by atoms with E-state index >= 15 is 0 Å². The van der Waals surface area contributed by atoms with Gasteiger partial charge in [-0.3, -0.25) is 4.79 Å². The van der Waals surface area contributed by atoms with Gasteiger partial charge in [-0.2, -0.15) is 0 Å². The summed E-state index contributed by atoms with van der Waals surface area (Å²) in [6, 6.07) is 5.73.